The number of likely N-dealkylation sites (N-methyl/N-ethyl adjacent to an activating group) is 1. The lowest BCUT2D eigenvalue weighted by Crippen LogP contribution is -2.29. The van der Waals surface area contributed by atoms with Gasteiger partial charge >= 0.3 is 0 Å². The molecular weight excluding hydrogens is 224 g/mol. The lowest BCUT2D eigenvalue weighted by molar-refractivity contribution is 0.418. The molecule has 4 heteroatoms. The number of rotatable bonds is 5. The number of pyridine rings is 2. The molecule has 0 aliphatic heterocycles. The van der Waals surface area contributed by atoms with E-state index in [0.29, 0.717) is 0 Å². The van der Waals surface area contributed by atoms with Gasteiger partial charge in [0, 0.05) is 25.5 Å². The molecule has 18 heavy (non-hydrogen) atoms. The first-order chi connectivity index (χ1) is 8.77. The van der Waals surface area contributed by atoms with Gasteiger partial charge in [-0.3, -0.25) is 0 Å². The van der Waals surface area contributed by atoms with Crippen LogP contribution in [-0.4, -0.2) is 42.1 Å². The van der Waals surface area contributed by atoms with E-state index in [-0.39, 0.29) is 0 Å². The molecule has 2 aromatic heterocycles. The van der Waals surface area contributed by atoms with Crippen molar-refractivity contribution in [3.05, 3.63) is 48.8 Å². The van der Waals surface area contributed by atoms with Crippen LogP contribution in [0.3, 0.4) is 0 Å². The minimum Gasteiger partial charge on any atom is -0.310 e. The summed E-state index contributed by atoms with van der Waals surface area (Å²) in [7, 11) is 4.13. The molecule has 0 aromatic carbocycles. The van der Waals surface area contributed by atoms with Gasteiger partial charge in [0.1, 0.15) is 11.6 Å². The summed E-state index contributed by atoms with van der Waals surface area (Å²) in [4.78, 5) is 13.1. The van der Waals surface area contributed by atoms with Crippen LogP contribution in [0, 0.1) is 0 Å². The maximum absolute atomic E-state index is 4.40. The first kappa shape index (κ1) is 12.5. The molecule has 0 N–H and O–H groups in total. The zero-order valence-electron chi connectivity index (χ0n) is 10.8. The minimum atomic E-state index is 0.862. The molecular formula is C14H18N4. The molecule has 0 radical (unpaired) electrons. The summed E-state index contributed by atoms with van der Waals surface area (Å²) in [5.74, 6) is 1.86. The van der Waals surface area contributed by atoms with Crippen molar-refractivity contribution in [2.24, 2.45) is 0 Å². The van der Waals surface area contributed by atoms with E-state index < -0.39 is 0 Å². The Morgan fingerprint density at radius 1 is 0.833 bits per heavy atom. The SMILES string of the molecule is CN(C)CCN(c1ccccn1)c1ccccn1. The number of aromatic nitrogens is 2. The first-order valence-electron chi connectivity index (χ1n) is 6.02. The van der Waals surface area contributed by atoms with Crippen molar-refractivity contribution in [3.8, 4) is 0 Å². The first-order valence-corrected chi connectivity index (χ1v) is 6.02. The van der Waals surface area contributed by atoms with Gasteiger partial charge in [-0.2, -0.15) is 0 Å². The van der Waals surface area contributed by atoms with Crippen molar-refractivity contribution < 1.29 is 0 Å². The highest BCUT2D eigenvalue weighted by Gasteiger charge is 2.10. The third-order valence-corrected chi connectivity index (χ3v) is 2.62. The van der Waals surface area contributed by atoms with Crippen molar-refractivity contribution in [1.82, 2.24) is 14.9 Å². The van der Waals surface area contributed by atoms with Gasteiger partial charge < -0.3 is 9.80 Å². The maximum atomic E-state index is 4.40. The Labute approximate surface area is 108 Å². The highest BCUT2D eigenvalue weighted by Crippen LogP contribution is 2.19. The molecule has 0 fully saturated rings. The Hall–Kier alpha value is -1.94. The molecule has 94 valence electrons. The van der Waals surface area contributed by atoms with Crippen LogP contribution in [0.25, 0.3) is 0 Å². The van der Waals surface area contributed by atoms with Gasteiger partial charge in [0.25, 0.3) is 0 Å². The number of hydrogen-bond acceptors (Lipinski definition) is 4. The van der Waals surface area contributed by atoms with Crippen molar-refractivity contribution in [3.63, 3.8) is 0 Å². The van der Waals surface area contributed by atoms with Crippen LogP contribution in [0.2, 0.25) is 0 Å². The molecule has 0 saturated carbocycles. The molecule has 0 aliphatic carbocycles. The summed E-state index contributed by atoms with van der Waals surface area (Å²) in [5, 5.41) is 0. The number of nitrogens with zero attached hydrogens (tertiary/aromatic N) is 4. The van der Waals surface area contributed by atoms with E-state index in [9.17, 15) is 0 Å². The second-order valence-corrected chi connectivity index (χ2v) is 4.33. The Kier molecular flexibility index (Phi) is 4.25. The standard InChI is InChI=1S/C14H18N4/c1-17(2)11-12-18(13-7-3-5-9-15-13)14-8-4-6-10-16-14/h3-10H,11-12H2,1-2H3. The lowest BCUT2D eigenvalue weighted by atomic mass is 10.3. The molecule has 0 amide bonds. The van der Waals surface area contributed by atoms with E-state index in [1.54, 1.807) is 12.4 Å². The van der Waals surface area contributed by atoms with Crippen molar-refractivity contribution >= 4 is 11.6 Å². The summed E-state index contributed by atoms with van der Waals surface area (Å²) >= 11 is 0. The molecule has 0 atom stereocenters. The van der Waals surface area contributed by atoms with Gasteiger partial charge in [0.15, 0.2) is 0 Å². The zero-order valence-corrected chi connectivity index (χ0v) is 10.8. The van der Waals surface area contributed by atoms with E-state index in [4.69, 9.17) is 0 Å². The van der Waals surface area contributed by atoms with Crippen LogP contribution in [0.5, 0.6) is 0 Å². The molecule has 0 aliphatic rings. The van der Waals surface area contributed by atoms with E-state index in [1.165, 1.54) is 0 Å². The van der Waals surface area contributed by atoms with Crippen molar-refractivity contribution in [2.45, 2.75) is 0 Å². The largest absolute Gasteiger partial charge is 0.310 e. The average molecular weight is 242 g/mol. The summed E-state index contributed by atoms with van der Waals surface area (Å²) in [6.07, 6.45) is 3.61. The van der Waals surface area contributed by atoms with Crippen LogP contribution < -0.4 is 4.90 Å². The highest BCUT2D eigenvalue weighted by atomic mass is 15.2. The van der Waals surface area contributed by atoms with Gasteiger partial charge in [-0.25, -0.2) is 9.97 Å². The summed E-state index contributed by atoms with van der Waals surface area (Å²) in [5.41, 5.74) is 0. The van der Waals surface area contributed by atoms with E-state index in [0.717, 1.165) is 24.7 Å². The minimum absolute atomic E-state index is 0.862. The Morgan fingerprint density at radius 2 is 1.39 bits per heavy atom. The van der Waals surface area contributed by atoms with Crippen molar-refractivity contribution in [1.29, 1.82) is 0 Å². The van der Waals surface area contributed by atoms with Gasteiger partial charge in [-0.05, 0) is 38.4 Å². The van der Waals surface area contributed by atoms with E-state index in [2.05, 4.69) is 33.9 Å². The van der Waals surface area contributed by atoms with Crippen LogP contribution in [-0.2, 0) is 0 Å². The van der Waals surface area contributed by atoms with E-state index >= 15 is 0 Å². The van der Waals surface area contributed by atoms with Gasteiger partial charge in [-0.1, -0.05) is 12.1 Å². The summed E-state index contributed by atoms with van der Waals surface area (Å²) in [6, 6.07) is 11.8. The topological polar surface area (TPSA) is 32.3 Å². The summed E-state index contributed by atoms with van der Waals surface area (Å²) < 4.78 is 0. The number of hydrogen-bond donors (Lipinski definition) is 0. The quantitative estimate of drug-likeness (QED) is 0.804. The highest BCUT2D eigenvalue weighted by molar-refractivity contribution is 5.55. The van der Waals surface area contributed by atoms with Crippen LogP contribution >= 0.6 is 0 Å². The molecule has 0 bridgehead atoms. The molecule has 0 spiro atoms. The fourth-order valence-electron chi connectivity index (χ4n) is 1.67. The second kappa shape index (κ2) is 6.12. The average Bonchev–Trinajstić information content (AvgIpc) is 2.41. The second-order valence-electron chi connectivity index (χ2n) is 4.33. The fourth-order valence-corrected chi connectivity index (χ4v) is 1.67. The van der Waals surface area contributed by atoms with Gasteiger partial charge in [-0.15, -0.1) is 0 Å². The smallest absolute Gasteiger partial charge is 0.134 e. The molecule has 2 rings (SSSR count). The van der Waals surface area contributed by atoms with Gasteiger partial charge in [0.05, 0.1) is 0 Å². The van der Waals surface area contributed by atoms with Crippen LogP contribution in [0.4, 0.5) is 11.6 Å². The molecule has 0 saturated heterocycles. The summed E-state index contributed by atoms with van der Waals surface area (Å²) in [6.45, 7) is 1.81. The third kappa shape index (κ3) is 3.28. The molecule has 0 unspecified atom stereocenters. The van der Waals surface area contributed by atoms with Crippen molar-refractivity contribution in [2.75, 3.05) is 32.1 Å². The Morgan fingerprint density at radius 3 is 1.78 bits per heavy atom. The predicted molar refractivity (Wildman–Crippen MR) is 74.0 cm³/mol. The normalized spacial score (nSPS) is 10.6. The number of anilines is 2. The molecule has 2 aromatic rings. The molecule has 2 heterocycles. The monoisotopic (exact) mass is 242 g/mol. The maximum Gasteiger partial charge on any atom is 0.134 e. The zero-order chi connectivity index (χ0) is 12.8. The fraction of sp³-hybridized carbons (Fsp3) is 0.286. The predicted octanol–water partition coefficient (Wildman–Crippen LogP) is 2.18. The Balaban J connectivity index is 2.24. The van der Waals surface area contributed by atoms with Crippen LogP contribution in [0.15, 0.2) is 48.8 Å². The Bertz CT molecular complexity index is 416. The van der Waals surface area contributed by atoms with Gasteiger partial charge in [0.2, 0.25) is 0 Å². The lowest BCUT2D eigenvalue weighted by Gasteiger charge is -2.24. The molecule has 4 nitrogen and oxygen atoms in total. The van der Waals surface area contributed by atoms with E-state index in [1.807, 2.05) is 36.4 Å². The van der Waals surface area contributed by atoms with Crippen LogP contribution in [0.1, 0.15) is 0 Å². The third-order valence-electron chi connectivity index (χ3n) is 2.62.